The number of ether oxygens (including phenoxy) is 1. The molecule has 0 radical (unpaired) electrons. The van der Waals surface area contributed by atoms with Crippen LogP contribution in [0.1, 0.15) is 63.9 Å². The van der Waals surface area contributed by atoms with Crippen LogP contribution in [-0.4, -0.2) is 56.2 Å². The summed E-state index contributed by atoms with van der Waals surface area (Å²) >= 11 is 0. The molecule has 0 unspecified atom stereocenters. The van der Waals surface area contributed by atoms with Crippen molar-refractivity contribution < 1.29 is 4.74 Å². The van der Waals surface area contributed by atoms with Gasteiger partial charge in [-0.3, -0.25) is 4.99 Å². The van der Waals surface area contributed by atoms with Crippen LogP contribution in [0, 0.1) is 0 Å². The average Bonchev–Trinajstić information content (AvgIpc) is 3.26. The van der Waals surface area contributed by atoms with Gasteiger partial charge in [-0.2, -0.15) is 0 Å². The van der Waals surface area contributed by atoms with Gasteiger partial charge in [-0.15, -0.1) is 0 Å². The fraction of sp³-hybridized carbons (Fsp3) is 0.696. The second-order valence-corrected chi connectivity index (χ2v) is 8.43. The van der Waals surface area contributed by atoms with E-state index in [4.69, 9.17) is 4.74 Å². The number of hydrogen-bond acceptors (Lipinski definition) is 3. The van der Waals surface area contributed by atoms with Gasteiger partial charge < -0.3 is 20.3 Å². The van der Waals surface area contributed by atoms with E-state index >= 15 is 0 Å². The van der Waals surface area contributed by atoms with Crippen LogP contribution in [0.15, 0.2) is 29.3 Å². The fourth-order valence-electron chi connectivity index (χ4n) is 4.49. The Morgan fingerprint density at radius 1 is 1.14 bits per heavy atom. The highest BCUT2D eigenvalue weighted by atomic mass is 16.5. The van der Waals surface area contributed by atoms with Gasteiger partial charge in [-0.05, 0) is 43.2 Å². The second-order valence-electron chi connectivity index (χ2n) is 8.43. The first-order chi connectivity index (χ1) is 13.7. The largest absolute Gasteiger partial charge is 0.491 e. The molecule has 0 atom stereocenters. The molecular weight excluding hydrogens is 348 g/mol. The fourth-order valence-corrected chi connectivity index (χ4v) is 4.49. The minimum Gasteiger partial charge on any atom is -0.491 e. The van der Waals surface area contributed by atoms with Crippen LogP contribution >= 0.6 is 0 Å². The third-order valence-electron chi connectivity index (χ3n) is 6.13. The number of aliphatic imine (C=N–C) groups is 1. The van der Waals surface area contributed by atoms with Gasteiger partial charge in [0.15, 0.2) is 5.96 Å². The van der Waals surface area contributed by atoms with Crippen LogP contribution in [0.5, 0.6) is 5.75 Å². The minimum absolute atomic E-state index is 0.466. The summed E-state index contributed by atoms with van der Waals surface area (Å²) in [6, 6.07) is 9.68. The topological polar surface area (TPSA) is 48.9 Å². The third kappa shape index (κ3) is 5.87. The molecule has 5 heteroatoms. The highest BCUT2D eigenvalue weighted by molar-refractivity contribution is 5.79. The molecule has 0 aromatic heterocycles. The van der Waals surface area contributed by atoms with Crippen LogP contribution in [0.2, 0.25) is 0 Å². The summed E-state index contributed by atoms with van der Waals surface area (Å²) in [6.07, 6.45) is 8.06. The number of nitrogens with zero attached hydrogens (tertiary/aromatic N) is 2. The molecule has 1 aliphatic heterocycles. The van der Waals surface area contributed by atoms with E-state index in [1.165, 1.54) is 57.2 Å². The quantitative estimate of drug-likeness (QED) is 0.426. The highest BCUT2D eigenvalue weighted by Gasteiger charge is 2.27. The number of para-hydroxylation sites is 1. The van der Waals surface area contributed by atoms with E-state index in [9.17, 15) is 0 Å². The first-order valence-electron chi connectivity index (χ1n) is 11.1. The first-order valence-corrected chi connectivity index (χ1v) is 11.1. The predicted octanol–water partition coefficient (Wildman–Crippen LogP) is 3.76. The SMILES string of the molecule is CN=C(NCCOc1ccccc1C(C)C)NC1CCN(C2CCCC2)CC1. The maximum absolute atomic E-state index is 6.00. The van der Waals surface area contributed by atoms with Crippen LogP contribution in [0.3, 0.4) is 0 Å². The summed E-state index contributed by atoms with van der Waals surface area (Å²) in [7, 11) is 1.85. The molecule has 3 rings (SSSR count). The Labute approximate surface area is 170 Å². The summed E-state index contributed by atoms with van der Waals surface area (Å²) in [6.45, 7) is 8.20. The summed E-state index contributed by atoms with van der Waals surface area (Å²) in [4.78, 5) is 7.10. The standard InChI is InChI=1S/C23H38N4O/c1-18(2)21-10-6-7-11-22(21)28-17-14-25-23(24-3)26-19-12-15-27(16-13-19)20-8-4-5-9-20/h6-7,10-11,18-20H,4-5,8-9,12-17H2,1-3H3,(H2,24,25,26). The Morgan fingerprint density at radius 3 is 2.54 bits per heavy atom. The van der Waals surface area contributed by atoms with Crippen molar-refractivity contribution >= 4 is 5.96 Å². The summed E-state index contributed by atoms with van der Waals surface area (Å²) < 4.78 is 6.00. The van der Waals surface area contributed by atoms with Gasteiger partial charge in [0.05, 0.1) is 6.54 Å². The number of rotatable bonds is 7. The van der Waals surface area contributed by atoms with E-state index < -0.39 is 0 Å². The molecule has 1 saturated heterocycles. The van der Waals surface area contributed by atoms with E-state index in [0.717, 1.165) is 24.3 Å². The molecule has 2 fully saturated rings. The highest BCUT2D eigenvalue weighted by Crippen LogP contribution is 2.26. The van der Waals surface area contributed by atoms with Gasteiger partial charge in [0.2, 0.25) is 0 Å². The molecule has 1 aromatic rings. The van der Waals surface area contributed by atoms with Crippen molar-refractivity contribution in [2.24, 2.45) is 4.99 Å². The molecule has 1 aliphatic carbocycles. The molecule has 0 spiro atoms. The lowest BCUT2D eigenvalue weighted by atomic mass is 10.0. The number of hydrogen-bond donors (Lipinski definition) is 2. The smallest absolute Gasteiger partial charge is 0.191 e. The molecule has 1 heterocycles. The van der Waals surface area contributed by atoms with Crippen LogP contribution in [0.25, 0.3) is 0 Å². The Bertz CT molecular complexity index is 617. The lowest BCUT2D eigenvalue weighted by Crippen LogP contribution is -2.50. The monoisotopic (exact) mass is 386 g/mol. The molecular formula is C23H38N4O. The zero-order valence-electron chi connectivity index (χ0n) is 17.9. The lowest BCUT2D eigenvalue weighted by Gasteiger charge is -2.36. The summed E-state index contributed by atoms with van der Waals surface area (Å²) in [5.74, 6) is 2.34. The van der Waals surface area contributed by atoms with Gasteiger partial charge in [0, 0.05) is 32.2 Å². The Kier molecular flexibility index (Phi) is 8.01. The molecule has 0 bridgehead atoms. The maximum Gasteiger partial charge on any atom is 0.191 e. The maximum atomic E-state index is 6.00. The molecule has 28 heavy (non-hydrogen) atoms. The van der Waals surface area contributed by atoms with Crippen molar-refractivity contribution in [1.29, 1.82) is 0 Å². The van der Waals surface area contributed by atoms with E-state index in [1.54, 1.807) is 0 Å². The predicted molar refractivity (Wildman–Crippen MR) is 117 cm³/mol. The summed E-state index contributed by atoms with van der Waals surface area (Å²) in [5, 5.41) is 7.00. The molecule has 2 N–H and O–H groups in total. The van der Waals surface area contributed by atoms with E-state index in [2.05, 4.69) is 52.6 Å². The van der Waals surface area contributed by atoms with Crippen molar-refractivity contribution in [3.05, 3.63) is 29.8 Å². The molecule has 1 aromatic carbocycles. The Balaban J connectivity index is 1.36. The molecule has 2 aliphatic rings. The number of guanidine groups is 1. The van der Waals surface area contributed by atoms with Gasteiger partial charge in [0.25, 0.3) is 0 Å². The first kappa shape index (κ1) is 21.0. The molecule has 156 valence electrons. The van der Waals surface area contributed by atoms with Gasteiger partial charge in [0.1, 0.15) is 12.4 Å². The van der Waals surface area contributed by atoms with Crippen molar-refractivity contribution in [1.82, 2.24) is 15.5 Å². The van der Waals surface area contributed by atoms with Crippen molar-refractivity contribution in [3.8, 4) is 5.75 Å². The average molecular weight is 387 g/mol. The zero-order valence-corrected chi connectivity index (χ0v) is 17.9. The van der Waals surface area contributed by atoms with Crippen LogP contribution in [0.4, 0.5) is 0 Å². The Morgan fingerprint density at radius 2 is 1.86 bits per heavy atom. The van der Waals surface area contributed by atoms with Gasteiger partial charge >= 0.3 is 0 Å². The third-order valence-corrected chi connectivity index (χ3v) is 6.13. The van der Waals surface area contributed by atoms with Crippen molar-refractivity contribution in [3.63, 3.8) is 0 Å². The summed E-state index contributed by atoms with van der Waals surface area (Å²) in [5.41, 5.74) is 1.26. The minimum atomic E-state index is 0.466. The van der Waals surface area contributed by atoms with Crippen LogP contribution < -0.4 is 15.4 Å². The molecule has 0 amide bonds. The normalized spacial score (nSPS) is 19.9. The number of likely N-dealkylation sites (tertiary alicyclic amines) is 1. The van der Waals surface area contributed by atoms with Gasteiger partial charge in [-0.25, -0.2) is 0 Å². The number of benzene rings is 1. The van der Waals surface area contributed by atoms with Crippen molar-refractivity contribution in [2.45, 2.75) is 70.4 Å². The van der Waals surface area contributed by atoms with E-state index in [1.807, 2.05) is 13.1 Å². The van der Waals surface area contributed by atoms with Gasteiger partial charge in [-0.1, -0.05) is 44.9 Å². The second kappa shape index (κ2) is 10.7. The Hall–Kier alpha value is -1.75. The number of piperidine rings is 1. The van der Waals surface area contributed by atoms with Crippen LogP contribution in [-0.2, 0) is 0 Å². The van der Waals surface area contributed by atoms with E-state index in [-0.39, 0.29) is 0 Å². The van der Waals surface area contributed by atoms with E-state index in [0.29, 0.717) is 18.6 Å². The number of nitrogens with one attached hydrogen (secondary N) is 2. The molecule has 5 nitrogen and oxygen atoms in total. The lowest BCUT2D eigenvalue weighted by molar-refractivity contribution is 0.150. The van der Waals surface area contributed by atoms with Crippen molar-refractivity contribution in [2.75, 3.05) is 33.3 Å². The molecule has 1 saturated carbocycles. The zero-order chi connectivity index (χ0) is 19.8.